The number of morpholine rings is 1. The van der Waals surface area contributed by atoms with Crippen molar-refractivity contribution < 1.29 is 23.7 Å². The summed E-state index contributed by atoms with van der Waals surface area (Å²) in [6.07, 6.45) is 3.59. The Hall–Kier alpha value is -2.67. The number of carbonyl (C=O) groups excluding carboxylic acids is 1. The number of amides is 1. The van der Waals surface area contributed by atoms with Crippen LogP contribution < -0.4 is 0 Å². The third kappa shape index (κ3) is 4.56. The van der Waals surface area contributed by atoms with Gasteiger partial charge in [-0.1, -0.05) is 60.2 Å². The molecule has 174 valence electrons. The molecule has 2 unspecified atom stereocenters. The van der Waals surface area contributed by atoms with Crippen LogP contribution in [-0.4, -0.2) is 69.8 Å². The van der Waals surface area contributed by atoms with Crippen LogP contribution in [-0.2, 0) is 18.9 Å². The molecule has 33 heavy (non-hydrogen) atoms. The van der Waals surface area contributed by atoms with Crippen molar-refractivity contribution in [3.8, 4) is 11.1 Å². The number of carbonyl (C=O) groups is 1. The van der Waals surface area contributed by atoms with E-state index >= 15 is 0 Å². The zero-order valence-electron chi connectivity index (χ0n) is 19.1. The smallest absolute Gasteiger partial charge is 0.410 e. The van der Waals surface area contributed by atoms with Gasteiger partial charge in [0.2, 0.25) is 0 Å². The lowest BCUT2D eigenvalue weighted by Gasteiger charge is -2.44. The van der Waals surface area contributed by atoms with E-state index in [1.54, 1.807) is 7.11 Å². The standard InChI is InChI=1S/C27H31NO5/c1-30-12-13-31-11-10-19-14-20-16-32-17-21(15-19)28(20)27(29)33-18-26-24-8-4-2-6-22(24)23-7-3-5-9-25(23)26/h2-9,14,20-21,26H,10-13,15-18H2,1H3. The van der Waals surface area contributed by atoms with Crippen molar-refractivity contribution in [2.45, 2.75) is 30.8 Å². The second kappa shape index (κ2) is 10.1. The van der Waals surface area contributed by atoms with Crippen LogP contribution in [0.1, 0.15) is 29.9 Å². The van der Waals surface area contributed by atoms with Crippen molar-refractivity contribution in [3.05, 3.63) is 71.3 Å². The molecular weight excluding hydrogens is 418 g/mol. The van der Waals surface area contributed by atoms with Crippen LogP contribution in [0.25, 0.3) is 11.1 Å². The van der Waals surface area contributed by atoms with E-state index in [0.717, 1.165) is 12.8 Å². The molecule has 0 saturated carbocycles. The van der Waals surface area contributed by atoms with Crippen molar-refractivity contribution in [2.24, 2.45) is 0 Å². The molecule has 0 radical (unpaired) electrons. The summed E-state index contributed by atoms with van der Waals surface area (Å²) < 4.78 is 22.3. The molecule has 0 N–H and O–H groups in total. The molecule has 2 aromatic rings. The van der Waals surface area contributed by atoms with E-state index in [-0.39, 0.29) is 24.1 Å². The maximum Gasteiger partial charge on any atom is 0.410 e. The monoisotopic (exact) mass is 449 g/mol. The highest BCUT2D eigenvalue weighted by atomic mass is 16.6. The van der Waals surface area contributed by atoms with Crippen LogP contribution in [0.2, 0.25) is 0 Å². The van der Waals surface area contributed by atoms with Crippen molar-refractivity contribution >= 4 is 6.09 Å². The first kappa shape index (κ1) is 22.1. The molecule has 5 rings (SSSR count). The number of nitrogens with zero attached hydrogens (tertiary/aromatic N) is 1. The molecule has 1 amide bonds. The Bertz CT molecular complexity index is 974. The Morgan fingerprint density at radius 3 is 2.42 bits per heavy atom. The first-order valence-corrected chi connectivity index (χ1v) is 11.7. The summed E-state index contributed by atoms with van der Waals surface area (Å²) >= 11 is 0. The summed E-state index contributed by atoms with van der Waals surface area (Å²) in [6.45, 7) is 3.27. The van der Waals surface area contributed by atoms with Crippen LogP contribution in [0, 0.1) is 0 Å². The Kier molecular flexibility index (Phi) is 6.76. The minimum Gasteiger partial charge on any atom is -0.448 e. The van der Waals surface area contributed by atoms with Crippen molar-refractivity contribution in [1.29, 1.82) is 0 Å². The van der Waals surface area contributed by atoms with Crippen LogP contribution in [0.4, 0.5) is 4.79 Å². The van der Waals surface area contributed by atoms with Crippen LogP contribution in [0.15, 0.2) is 60.2 Å². The lowest BCUT2D eigenvalue weighted by Crippen LogP contribution is -2.56. The molecule has 0 aromatic heterocycles. The van der Waals surface area contributed by atoms with Gasteiger partial charge >= 0.3 is 6.09 Å². The van der Waals surface area contributed by atoms with Gasteiger partial charge in [0, 0.05) is 13.0 Å². The van der Waals surface area contributed by atoms with Gasteiger partial charge in [-0.25, -0.2) is 4.79 Å². The molecule has 1 saturated heterocycles. The van der Waals surface area contributed by atoms with E-state index in [1.807, 2.05) is 4.90 Å². The maximum absolute atomic E-state index is 13.2. The molecule has 2 heterocycles. The van der Waals surface area contributed by atoms with E-state index < -0.39 is 0 Å². The van der Waals surface area contributed by atoms with Gasteiger partial charge < -0.3 is 18.9 Å². The lowest BCUT2D eigenvalue weighted by atomic mass is 9.93. The molecule has 0 spiro atoms. The lowest BCUT2D eigenvalue weighted by molar-refractivity contribution is -0.0369. The number of fused-ring (bicyclic) bond motifs is 5. The van der Waals surface area contributed by atoms with Gasteiger partial charge in [-0.05, 0) is 35.1 Å². The van der Waals surface area contributed by atoms with Gasteiger partial charge in [-0.15, -0.1) is 0 Å². The average molecular weight is 450 g/mol. The largest absolute Gasteiger partial charge is 0.448 e. The molecular formula is C27H31NO5. The van der Waals surface area contributed by atoms with Crippen LogP contribution >= 0.6 is 0 Å². The van der Waals surface area contributed by atoms with Crippen molar-refractivity contribution in [2.75, 3.05) is 46.8 Å². The summed E-state index contributed by atoms with van der Waals surface area (Å²) in [7, 11) is 1.67. The molecule has 2 atom stereocenters. The normalized spacial score (nSPS) is 21.4. The number of rotatable bonds is 8. The second-order valence-corrected chi connectivity index (χ2v) is 8.85. The molecule has 1 aliphatic carbocycles. The van der Waals surface area contributed by atoms with Gasteiger partial charge in [0.1, 0.15) is 6.61 Å². The zero-order chi connectivity index (χ0) is 22.6. The predicted octanol–water partition coefficient (Wildman–Crippen LogP) is 4.39. The summed E-state index contributed by atoms with van der Waals surface area (Å²) in [4.78, 5) is 15.1. The summed E-state index contributed by atoms with van der Waals surface area (Å²) in [6, 6.07) is 16.7. The molecule has 6 nitrogen and oxygen atoms in total. The molecule has 2 aromatic carbocycles. The minimum atomic E-state index is -0.248. The third-order valence-electron chi connectivity index (χ3n) is 6.82. The highest BCUT2D eigenvalue weighted by molar-refractivity contribution is 5.79. The number of hydrogen-bond donors (Lipinski definition) is 0. The van der Waals surface area contributed by atoms with Gasteiger partial charge in [-0.2, -0.15) is 0 Å². The Balaban J connectivity index is 1.24. The highest BCUT2D eigenvalue weighted by Gasteiger charge is 2.39. The van der Waals surface area contributed by atoms with E-state index in [9.17, 15) is 4.79 Å². The van der Waals surface area contributed by atoms with E-state index in [2.05, 4.69) is 54.6 Å². The van der Waals surface area contributed by atoms with E-state index in [4.69, 9.17) is 18.9 Å². The van der Waals surface area contributed by atoms with Crippen molar-refractivity contribution in [3.63, 3.8) is 0 Å². The average Bonchev–Trinajstić information content (AvgIpc) is 3.15. The van der Waals surface area contributed by atoms with E-state index in [1.165, 1.54) is 27.8 Å². The zero-order valence-corrected chi connectivity index (χ0v) is 19.1. The molecule has 2 aliphatic heterocycles. The quantitative estimate of drug-likeness (QED) is 0.442. The maximum atomic E-state index is 13.2. The Morgan fingerprint density at radius 2 is 1.73 bits per heavy atom. The summed E-state index contributed by atoms with van der Waals surface area (Å²) in [5.74, 6) is 0.0672. The first-order chi connectivity index (χ1) is 16.3. The number of ether oxygens (including phenoxy) is 4. The van der Waals surface area contributed by atoms with Crippen LogP contribution in [0.5, 0.6) is 0 Å². The number of benzene rings is 2. The number of methoxy groups -OCH3 is 1. The van der Waals surface area contributed by atoms with Crippen LogP contribution in [0.3, 0.4) is 0 Å². The first-order valence-electron chi connectivity index (χ1n) is 11.7. The molecule has 3 aliphatic rings. The fraction of sp³-hybridized carbons (Fsp3) is 0.444. The fourth-order valence-corrected chi connectivity index (χ4v) is 5.27. The summed E-state index contributed by atoms with van der Waals surface area (Å²) in [5, 5.41) is 0. The predicted molar refractivity (Wildman–Crippen MR) is 125 cm³/mol. The number of hydrogen-bond acceptors (Lipinski definition) is 5. The Morgan fingerprint density at radius 1 is 1.00 bits per heavy atom. The fourth-order valence-electron chi connectivity index (χ4n) is 5.27. The summed E-state index contributed by atoms with van der Waals surface area (Å²) in [5.41, 5.74) is 6.25. The van der Waals surface area contributed by atoms with Gasteiger partial charge in [-0.3, -0.25) is 4.90 Å². The van der Waals surface area contributed by atoms with Gasteiger partial charge in [0.05, 0.1) is 45.1 Å². The molecule has 6 heteroatoms. The highest BCUT2D eigenvalue weighted by Crippen LogP contribution is 2.44. The van der Waals surface area contributed by atoms with Crippen molar-refractivity contribution in [1.82, 2.24) is 4.90 Å². The second-order valence-electron chi connectivity index (χ2n) is 8.85. The molecule has 2 bridgehead atoms. The van der Waals surface area contributed by atoms with Gasteiger partial charge in [0.25, 0.3) is 0 Å². The topological polar surface area (TPSA) is 57.2 Å². The molecule has 1 fully saturated rings. The Labute approximate surface area is 195 Å². The SMILES string of the molecule is COCCOCCC1=CC2COCC(C1)N2C(=O)OCC1c2ccccc2-c2ccccc21. The van der Waals surface area contributed by atoms with E-state index in [0.29, 0.717) is 39.6 Å². The van der Waals surface area contributed by atoms with Gasteiger partial charge in [0.15, 0.2) is 0 Å². The third-order valence-corrected chi connectivity index (χ3v) is 6.82. The minimum absolute atomic E-state index is 0.0124.